The molecule has 126 valence electrons. The second-order valence-electron chi connectivity index (χ2n) is 6.08. The third-order valence-electron chi connectivity index (χ3n) is 4.42. The van der Waals surface area contributed by atoms with Gasteiger partial charge in [0.25, 0.3) is 0 Å². The predicted molar refractivity (Wildman–Crippen MR) is 92.0 cm³/mol. The van der Waals surface area contributed by atoms with E-state index >= 15 is 0 Å². The molecule has 1 fully saturated rings. The molecule has 1 aromatic heterocycles. The number of likely N-dealkylation sites (tertiary alicyclic amines) is 1. The molecule has 1 aliphatic heterocycles. The molecule has 3 rings (SSSR count). The third-order valence-corrected chi connectivity index (χ3v) is 4.42. The number of rotatable bonds is 5. The van der Waals surface area contributed by atoms with Gasteiger partial charge in [-0.2, -0.15) is 0 Å². The van der Waals surface area contributed by atoms with Crippen molar-refractivity contribution in [3.8, 4) is 0 Å². The van der Waals surface area contributed by atoms with Gasteiger partial charge >= 0.3 is 0 Å². The van der Waals surface area contributed by atoms with Crippen molar-refractivity contribution in [3.63, 3.8) is 0 Å². The summed E-state index contributed by atoms with van der Waals surface area (Å²) in [6.45, 7) is 1.62. The lowest BCUT2D eigenvalue weighted by Crippen LogP contribution is -2.36. The molecule has 4 nitrogen and oxygen atoms in total. The second kappa shape index (κ2) is 8.02. The topological polar surface area (TPSA) is 45.2 Å². The molecule has 0 radical (unpaired) electrons. The predicted octanol–water partition coefficient (Wildman–Crippen LogP) is 3.78. The van der Waals surface area contributed by atoms with Crippen molar-refractivity contribution in [2.24, 2.45) is 0 Å². The lowest BCUT2D eigenvalue weighted by atomic mass is 9.98. The van der Waals surface area contributed by atoms with Gasteiger partial charge in [-0.25, -0.2) is 4.39 Å². The molecule has 0 unspecified atom stereocenters. The number of aromatic nitrogens is 1. The van der Waals surface area contributed by atoms with Crippen LogP contribution in [-0.2, 0) is 4.79 Å². The van der Waals surface area contributed by atoms with Crippen LogP contribution in [0.4, 0.5) is 10.1 Å². The minimum absolute atomic E-state index is 0.162. The zero-order valence-electron chi connectivity index (χ0n) is 13.6. The maximum atomic E-state index is 13.6. The maximum Gasteiger partial charge on any atom is 0.225 e. The number of nitrogens with zero attached hydrogens (tertiary/aromatic N) is 2. The minimum atomic E-state index is -0.407. The van der Waals surface area contributed by atoms with Crippen molar-refractivity contribution in [1.82, 2.24) is 9.88 Å². The van der Waals surface area contributed by atoms with Crippen molar-refractivity contribution in [3.05, 3.63) is 60.2 Å². The summed E-state index contributed by atoms with van der Waals surface area (Å²) in [5.74, 6) is -0.569. The molecule has 1 N–H and O–H groups in total. The number of piperidine rings is 1. The van der Waals surface area contributed by atoms with E-state index in [1.165, 1.54) is 12.5 Å². The van der Waals surface area contributed by atoms with E-state index in [2.05, 4.69) is 15.2 Å². The van der Waals surface area contributed by atoms with Crippen molar-refractivity contribution < 1.29 is 9.18 Å². The molecule has 1 aliphatic rings. The fraction of sp³-hybridized carbons (Fsp3) is 0.368. The van der Waals surface area contributed by atoms with E-state index in [4.69, 9.17) is 0 Å². The smallest absolute Gasteiger partial charge is 0.225 e. The van der Waals surface area contributed by atoms with Gasteiger partial charge in [-0.05, 0) is 43.7 Å². The van der Waals surface area contributed by atoms with Crippen LogP contribution in [0.1, 0.15) is 37.4 Å². The molecule has 0 aliphatic carbocycles. The number of hydrogen-bond acceptors (Lipinski definition) is 3. The fourth-order valence-electron chi connectivity index (χ4n) is 3.19. The Bertz CT molecular complexity index is 677. The first-order valence-electron chi connectivity index (χ1n) is 8.43. The van der Waals surface area contributed by atoms with Crippen LogP contribution in [0, 0.1) is 5.82 Å². The van der Waals surface area contributed by atoms with Gasteiger partial charge < -0.3 is 5.32 Å². The van der Waals surface area contributed by atoms with Gasteiger partial charge in [0.15, 0.2) is 0 Å². The SMILES string of the molecule is O=C(CCN1CCCC[C@H]1c1ccccn1)Nc1ccccc1F. The Balaban J connectivity index is 1.58. The Morgan fingerprint density at radius 3 is 2.83 bits per heavy atom. The van der Waals surface area contributed by atoms with Crippen LogP contribution < -0.4 is 5.32 Å². The van der Waals surface area contributed by atoms with E-state index < -0.39 is 5.82 Å². The van der Waals surface area contributed by atoms with E-state index in [1.54, 1.807) is 18.2 Å². The molecular weight excluding hydrogens is 305 g/mol. The highest BCUT2D eigenvalue weighted by Gasteiger charge is 2.25. The summed E-state index contributed by atoms with van der Waals surface area (Å²) in [6.07, 6.45) is 5.54. The van der Waals surface area contributed by atoms with Crippen molar-refractivity contribution in [2.45, 2.75) is 31.7 Å². The summed E-state index contributed by atoms with van der Waals surface area (Å²) < 4.78 is 13.6. The van der Waals surface area contributed by atoms with Gasteiger partial charge in [0.1, 0.15) is 5.82 Å². The van der Waals surface area contributed by atoms with Gasteiger partial charge in [-0.3, -0.25) is 14.7 Å². The average molecular weight is 327 g/mol. The Kier molecular flexibility index (Phi) is 5.54. The number of para-hydroxylation sites is 1. The zero-order valence-corrected chi connectivity index (χ0v) is 13.6. The van der Waals surface area contributed by atoms with E-state index in [-0.39, 0.29) is 17.6 Å². The van der Waals surface area contributed by atoms with Gasteiger partial charge in [0, 0.05) is 19.2 Å². The second-order valence-corrected chi connectivity index (χ2v) is 6.08. The molecule has 2 aromatic rings. The summed E-state index contributed by atoms with van der Waals surface area (Å²) in [7, 11) is 0. The Morgan fingerprint density at radius 2 is 2.04 bits per heavy atom. The number of hydrogen-bond donors (Lipinski definition) is 1. The van der Waals surface area contributed by atoms with Crippen molar-refractivity contribution >= 4 is 11.6 Å². The van der Waals surface area contributed by atoms with Crippen LogP contribution >= 0.6 is 0 Å². The fourth-order valence-corrected chi connectivity index (χ4v) is 3.19. The third kappa shape index (κ3) is 4.17. The molecule has 5 heteroatoms. The van der Waals surface area contributed by atoms with Crippen molar-refractivity contribution in [2.75, 3.05) is 18.4 Å². The standard InChI is InChI=1S/C19H22FN3O/c20-15-7-1-2-8-16(15)22-19(24)11-14-23-13-6-4-10-18(23)17-9-3-5-12-21-17/h1-3,5,7-9,12,18H,4,6,10-11,13-14H2,(H,22,24)/t18-/m0/s1. The first-order chi connectivity index (χ1) is 11.7. The van der Waals surface area contributed by atoms with E-state index in [1.807, 2.05) is 24.4 Å². The quantitative estimate of drug-likeness (QED) is 0.909. The lowest BCUT2D eigenvalue weighted by Gasteiger charge is -2.35. The number of carbonyl (C=O) groups excluding carboxylic acids is 1. The largest absolute Gasteiger partial charge is 0.324 e. The molecule has 1 amide bonds. The number of anilines is 1. The lowest BCUT2D eigenvalue weighted by molar-refractivity contribution is -0.116. The average Bonchev–Trinajstić information content (AvgIpc) is 2.63. The number of pyridine rings is 1. The molecule has 0 spiro atoms. The first kappa shape index (κ1) is 16.6. The number of carbonyl (C=O) groups is 1. The highest BCUT2D eigenvalue weighted by Crippen LogP contribution is 2.29. The van der Waals surface area contributed by atoms with Crippen LogP contribution in [0.25, 0.3) is 0 Å². The van der Waals surface area contributed by atoms with E-state index in [0.717, 1.165) is 25.1 Å². The van der Waals surface area contributed by atoms with Crippen molar-refractivity contribution in [1.29, 1.82) is 0 Å². The van der Waals surface area contributed by atoms with Gasteiger partial charge in [0.05, 0.1) is 17.4 Å². The highest BCUT2D eigenvalue weighted by molar-refractivity contribution is 5.90. The molecule has 0 bridgehead atoms. The number of benzene rings is 1. The summed E-state index contributed by atoms with van der Waals surface area (Å²) >= 11 is 0. The summed E-state index contributed by atoms with van der Waals surface area (Å²) in [4.78, 5) is 18.9. The molecule has 0 saturated carbocycles. The Hall–Kier alpha value is -2.27. The normalized spacial score (nSPS) is 18.3. The van der Waals surface area contributed by atoms with E-state index in [9.17, 15) is 9.18 Å². The number of amides is 1. The van der Waals surface area contributed by atoms with Gasteiger partial charge in [0.2, 0.25) is 5.91 Å². The molecule has 2 heterocycles. The van der Waals surface area contributed by atoms with Gasteiger partial charge in [-0.1, -0.05) is 24.6 Å². The number of nitrogens with one attached hydrogen (secondary N) is 1. The van der Waals surface area contributed by atoms with Crippen LogP contribution in [0.3, 0.4) is 0 Å². The van der Waals surface area contributed by atoms with Crippen LogP contribution in [0.5, 0.6) is 0 Å². The molecular formula is C19H22FN3O. The summed E-state index contributed by atoms with van der Waals surface area (Å²) in [5.41, 5.74) is 1.30. The first-order valence-corrected chi connectivity index (χ1v) is 8.43. The van der Waals surface area contributed by atoms with Gasteiger partial charge in [-0.15, -0.1) is 0 Å². The monoisotopic (exact) mass is 327 g/mol. The Morgan fingerprint density at radius 1 is 1.21 bits per heavy atom. The van der Waals surface area contributed by atoms with Crippen LogP contribution in [0.2, 0.25) is 0 Å². The molecule has 1 atom stereocenters. The van der Waals surface area contributed by atoms with Crippen LogP contribution in [0.15, 0.2) is 48.7 Å². The number of halogens is 1. The maximum absolute atomic E-state index is 13.6. The molecule has 24 heavy (non-hydrogen) atoms. The van der Waals surface area contributed by atoms with E-state index in [0.29, 0.717) is 13.0 Å². The summed E-state index contributed by atoms with van der Waals surface area (Å²) in [6, 6.07) is 12.5. The molecule has 1 aromatic carbocycles. The van der Waals surface area contributed by atoms with Crippen LogP contribution in [-0.4, -0.2) is 28.9 Å². The highest BCUT2D eigenvalue weighted by atomic mass is 19.1. The minimum Gasteiger partial charge on any atom is -0.324 e. The molecule has 1 saturated heterocycles. The zero-order chi connectivity index (χ0) is 16.8. The summed E-state index contributed by atoms with van der Waals surface area (Å²) in [5, 5.41) is 2.65. The Labute approximate surface area is 141 Å².